The summed E-state index contributed by atoms with van der Waals surface area (Å²) in [5, 5.41) is 8.92. The van der Waals surface area contributed by atoms with Crippen LogP contribution in [0.25, 0.3) is 0 Å². The van der Waals surface area contributed by atoms with Gasteiger partial charge in [0.1, 0.15) is 32.7 Å². The van der Waals surface area contributed by atoms with Crippen molar-refractivity contribution >= 4 is 0 Å². The molecule has 0 spiro atoms. The topological polar surface area (TPSA) is 29.1 Å². The third-order valence-corrected chi connectivity index (χ3v) is 3.97. The minimum absolute atomic E-state index is 0.332. The van der Waals surface area contributed by atoms with E-state index >= 15 is 0 Å². The molecule has 0 saturated carbocycles. The van der Waals surface area contributed by atoms with Crippen molar-refractivity contribution in [1.82, 2.24) is 0 Å². The first kappa shape index (κ1) is 13.5. The summed E-state index contributed by atoms with van der Waals surface area (Å²) in [4.78, 5) is 3.32. The van der Waals surface area contributed by atoms with E-state index in [-0.39, 0.29) is 0 Å². The quantitative estimate of drug-likeness (QED) is 0.557. The van der Waals surface area contributed by atoms with Gasteiger partial charge in [0.05, 0.1) is 13.2 Å². The third kappa shape index (κ3) is 4.41. The molecule has 0 atom stereocenters. The first-order valence-electron chi connectivity index (χ1n) is 7.20. The van der Waals surface area contributed by atoms with Gasteiger partial charge in [0.15, 0.2) is 0 Å². The third-order valence-electron chi connectivity index (χ3n) is 3.97. The Labute approximate surface area is 110 Å². The van der Waals surface area contributed by atoms with E-state index < -0.39 is 0 Å². The van der Waals surface area contributed by atoms with Crippen LogP contribution in [0.5, 0.6) is 0 Å². The molecule has 1 saturated heterocycles. The van der Waals surface area contributed by atoms with Crippen LogP contribution in [-0.4, -0.2) is 51.0 Å². The molecule has 3 heteroatoms. The van der Waals surface area contributed by atoms with Crippen LogP contribution >= 0.6 is 0 Å². The smallest absolute Gasteiger partial charge is 0.127 e. The highest BCUT2D eigenvalue weighted by atomic mass is 16.3. The van der Waals surface area contributed by atoms with Crippen LogP contribution in [0.4, 0.5) is 0 Å². The zero-order valence-corrected chi connectivity index (χ0v) is 11.2. The zero-order chi connectivity index (χ0) is 12.6. The van der Waals surface area contributed by atoms with Crippen molar-refractivity contribution in [2.24, 2.45) is 0 Å². The number of hydrogen-bond acceptors (Lipinski definition) is 1. The van der Waals surface area contributed by atoms with Crippen molar-refractivity contribution < 1.29 is 14.9 Å². The Morgan fingerprint density at radius 2 is 1.50 bits per heavy atom. The summed E-state index contributed by atoms with van der Waals surface area (Å²) in [5.74, 6) is 0. The maximum Gasteiger partial charge on any atom is 0.127 e. The highest BCUT2D eigenvalue weighted by Crippen LogP contribution is 2.00. The number of aliphatic hydroxyl groups is 1. The lowest BCUT2D eigenvalue weighted by Gasteiger charge is -2.29. The predicted octanol–water partition coefficient (Wildman–Crippen LogP) is -1.61. The Morgan fingerprint density at radius 1 is 0.889 bits per heavy atom. The Kier molecular flexibility index (Phi) is 5.65. The van der Waals surface area contributed by atoms with Crippen LogP contribution in [0.15, 0.2) is 30.3 Å². The van der Waals surface area contributed by atoms with Crippen LogP contribution in [0.2, 0.25) is 0 Å². The summed E-state index contributed by atoms with van der Waals surface area (Å²) >= 11 is 0. The number of nitrogens with one attached hydrogen (secondary N) is 2. The molecule has 0 amide bonds. The van der Waals surface area contributed by atoms with Crippen molar-refractivity contribution in [1.29, 1.82) is 0 Å². The van der Waals surface area contributed by atoms with Crippen molar-refractivity contribution in [3.63, 3.8) is 0 Å². The molecule has 3 nitrogen and oxygen atoms in total. The average Bonchev–Trinajstić information content (AvgIpc) is 2.42. The van der Waals surface area contributed by atoms with Gasteiger partial charge in [0.2, 0.25) is 0 Å². The van der Waals surface area contributed by atoms with E-state index in [1.807, 2.05) is 0 Å². The Morgan fingerprint density at radius 3 is 2.11 bits per heavy atom. The maximum absolute atomic E-state index is 8.92. The molecule has 0 aliphatic carbocycles. The van der Waals surface area contributed by atoms with Crippen LogP contribution in [0.1, 0.15) is 12.0 Å². The number of benzene rings is 1. The van der Waals surface area contributed by atoms with Gasteiger partial charge in [-0.3, -0.25) is 0 Å². The molecule has 2 rings (SSSR count). The van der Waals surface area contributed by atoms with E-state index in [9.17, 15) is 0 Å². The van der Waals surface area contributed by atoms with E-state index in [0.717, 1.165) is 6.54 Å². The summed E-state index contributed by atoms with van der Waals surface area (Å²) in [5.41, 5.74) is 1.46. The molecule has 100 valence electrons. The fourth-order valence-electron chi connectivity index (χ4n) is 2.80. The Balaban J connectivity index is 1.61. The summed E-state index contributed by atoms with van der Waals surface area (Å²) in [7, 11) is 0. The summed E-state index contributed by atoms with van der Waals surface area (Å²) < 4.78 is 0. The number of piperazine rings is 1. The molecule has 1 aliphatic rings. The van der Waals surface area contributed by atoms with E-state index in [0.29, 0.717) is 6.61 Å². The van der Waals surface area contributed by atoms with Gasteiger partial charge in [0, 0.05) is 6.42 Å². The van der Waals surface area contributed by atoms with Gasteiger partial charge < -0.3 is 14.9 Å². The van der Waals surface area contributed by atoms with Crippen LogP contribution in [0.3, 0.4) is 0 Å². The second kappa shape index (κ2) is 7.52. The van der Waals surface area contributed by atoms with Gasteiger partial charge in [-0.05, 0) is 12.0 Å². The van der Waals surface area contributed by atoms with E-state index in [4.69, 9.17) is 5.11 Å². The van der Waals surface area contributed by atoms with Gasteiger partial charge in [-0.15, -0.1) is 0 Å². The molecule has 1 heterocycles. The first-order chi connectivity index (χ1) is 8.88. The molecule has 1 aliphatic heterocycles. The summed E-state index contributed by atoms with van der Waals surface area (Å²) in [6.45, 7) is 7.54. The normalized spacial score (nSPS) is 24.1. The van der Waals surface area contributed by atoms with E-state index in [2.05, 4.69) is 30.3 Å². The average molecular weight is 250 g/mol. The van der Waals surface area contributed by atoms with Crippen LogP contribution < -0.4 is 9.80 Å². The number of rotatable bonds is 6. The molecule has 0 bridgehead atoms. The Bertz CT molecular complexity index is 321. The second-order valence-corrected chi connectivity index (χ2v) is 5.31. The summed E-state index contributed by atoms with van der Waals surface area (Å²) in [6.07, 6.45) is 2.49. The summed E-state index contributed by atoms with van der Waals surface area (Å²) in [6, 6.07) is 10.8. The van der Waals surface area contributed by atoms with Crippen molar-refractivity contribution in [2.45, 2.75) is 12.8 Å². The first-order valence-corrected chi connectivity index (χ1v) is 7.20. The van der Waals surface area contributed by atoms with Gasteiger partial charge in [-0.25, -0.2) is 0 Å². The standard InChI is InChI=1S/C15H24N2O/c18-14-13-17-11-9-16(10-12-17)8-4-7-15-5-2-1-3-6-15/h1-3,5-6,18H,4,7-14H2/p+2. The molecule has 0 radical (unpaired) electrons. The SMILES string of the molecule is OCC[NH+]1CC[NH+](CCCc2ccccc2)CC1. The van der Waals surface area contributed by atoms with Gasteiger partial charge in [0.25, 0.3) is 0 Å². The molecule has 0 unspecified atom stereocenters. The fourth-order valence-corrected chi connectivity index (χ4v) is 2.80. The second-order valence-electron chi connectivity index (χ2n) is 5.31. The van der Waals surface area contributed by atoms with Crippen molar-refractivity contribution in [3.8, 4) is 0 Å². The van der Waals surface area contributed by atoms with Crippen LogP contribution in [-0.2, 0) is 6.42 Å². The number of hydrogen-bond donors (Lipinski definition) is 3. The van der Waals surface area contributed by atoms with Crippen molar-refractivity contribution in [3.05, 3.63) is 35.9 Å². The molecular weight excluding hydrogens is 224 g/mol. The molecule has 3 N–H and O–H groups in total. The zero-order valence-electron chi connectivity index (χ0n) is 11.2. The lowest BCUT2D eigenvalue weighted by molar-refractivity contribution is -1.01. The lowest BCUT2D eigenvalue weighted by Crippen LogP contribution is -3.28. The maximum atomic E-state index is 8.92. The monoisotopic (exact) mass is 250 g/mol. The Hall–Kier alpha value is -0.900. The molecular formula is C15H26N2O+2. The molecule has 0 aromatic heterocycles. The number of quaternary nitrogens is 2. The number of aryl methyl sites for hydroxylation is 1. The highest BCUT2D eigenvalue weighted by Gasteiger charge is 2.21. The molecule has 18 heavy (non-hydrogen) atoms. The predicted molar refractivity (Wildman–Crippen MR) is 73.0 cm³/mol. The molecule has 1 fully saturated rings. The lowest BCUT2D eigenvalue weighted by atomic mass is 10.1. The van der Waals surface area contributed by atoms with E-state index in [1.54, 1.807) is 9.80 Å². The van der Waals surface area contributed by atoms with Crippen LogP contribution in [0, 0.1) is 0 Å². The highest BCUT2D eigenvalue weighted by molar-refractivity contribution is 5.14. The van der Waals surface area contributed by atoms with Crippen molar-refractivity contribution in [2.75, 3.05) is 45.9 Å². The van der Waals surface area contributed by atoms with E-state index in [1.165, 1.54) is 51.1 Å². The van der Waals surface area contributed by atoms with Gasteiger partial charge in [-0.2, -0.15) is 0 Å². The minimum atomic E-state index is 0.332. The molecule has 1 aromatic rings. The van der Waals surface area contributed by atoms with Gasteiger partial charge in [-0.1, -0.05) is 30.3 Å². The van der Waals surface area contributed by atoms with Gasteiger partial charge >= 0.3 is 0 Å². The number of aliphatic hydroxyl groups excluding tert-OH is 1. The fraction of sp³-hybridized carbons (Fsp3) is 0.600. The largest absolute Gasteiger partial charge is 0.391 e. The minimum Gasteiger partial charge on any atom is -0.391 e. The molecule has 1 aromatic carbocycles.